The van der Waals surface area contributed by atoms with Crippen molar-refractivity contribution in [3.63, 3.8) is 0 Å². The highest BCUT2D eigenvalue weighted by molar-refractivity contribution is 5.64. The zero-order valence-corrected chi connectivity index (χ0v) is 12.3. The second kappa shape index (κ2) is 5.88. The summed E-state index contributed by atoms with van der Waals surface area (Å²) in [5, 5.41) is 0. The number of methoxy groups -OCH3 is 1. The van der Waals surface area contributed by atoms with Gasteiger partial charge >= 0.3 is 0 Å². The van der Waals surface area contributed by atoms with Gasteiger partial charge in [0.1, 0.15) is 18.2 Å². The summed E-state index contributed by atoms with van der Waals surface area (Å²) < 4.78 is 5.06. The smallest absolute Gasteiger partial charge is 0.158 e. The van der Waals surface area contributed by atoms with Crippen LogP contribution in [0.2, 0.25) is 0 Å². The lowest BCUT2D eigenvalue weighted by atomic mass is 10.1. The second-order valence-corrected chi connectivity index (χ2v) is 4.85. The quantitative estimate of drug-likeness (QED) is 0.926. The molecule has 2 rings (SSSR count). The topological polar surface area (TPSA) is 64.3 Å². The number of hydrogen-bond acceptors (Lipinski definition) is 5. The fourth-order valence-corrected chi connectivity index (χ4v) is 2.17. The Morgan fingerprint density at radius 2 is 1.95 bits per heavy atom. The van der Waals surface area contributed by atoms with Gasteiger partial charge in [0, 0.05) is 25.9 Å². The number of aromatic nitrogens is 2. The third-order valence-electron chi connectivity index (χ3n) is 3.11. The Labute approximate surface area is 119 Å². The molecule has 1 heterocycles. The molecule has 0 unspecified atom stereocenters. The van der Waals surface area contributed by atoms with Crippen LogP contribution < -0.4 is 10.6 Å². The Bertz CT molecular complexity index is 613. The van der Waals surface area contributed by atoms with Gasteiger partial charge in [0.25, 0.3) is 0 Å². The van der Waals surface area contributed by atoms with Crippen LogP contribution >= 0.6 is 0 Å². The van der Waals surface area contributed by atoms with E-state index in [1.165, 1.54) is 11.1 Å². The first-order valence-corrected chi connectivity index (χ1v) is 6.44. The Hall–Kier alpha value is -2.14. The van der Waals surface area contributed by atoms with Gasteiger partial charge in [-0.25, -0.2) is 9.97 Å². The Morgan fingerprint density at radius 3 is 2.60 bits per heavy atom. The van der Waals surface area contributed by atoms with E-state index in [1.54, 1.807) is 13.2 Å². The maximum atomic E-state index is 5.83. The van der Waals surface area contributed by atoms with Crippen molar-refractivity contribution in [2.45, 2.75) is 20.5 Å². The van der Waals surface area contributed by atoms with Gasteiger partial charge in [0.15, 0.2) is 5.82 Å². The number of nitrogens with zero attached hydrogens (tertiary/aromatic N) is 3. The van der Waals surface area contributed by atoms with Crippen LogP contribution in [0, 0.1) is 13.8 Å². The monoisotopic (exact) mass is 272 g/mol. The van der Waals surface area contributed by atoms with E-state index >= 15 is 0 Å². The predicted molar refractivity (Wildman–Crippen MR) is 81.1 cm³/mol. The first kappa shape index (κ1) is 14.3. The molecule has 1 aromatic heterocycles. The lowest BCUT2D eigenvalue weighted by Crippen LogP contribution is -2.15. The number of rotatable bonds is 4. The van der Waals surface area contributed by atoms with Crippen molar-refractivity contribution in [1.82, 2.24) is 9.97 Å². The summed E-state index contributed by atoms with van der Waals surface area (Å²) >= 11 is 0. The molecule has 0 spiro atoms. The molecule has 0 amide bonds. The normalized spacial score (nSPS) is 10.6. The van der Waals surface area contributed by atoms with Crippen molar-refractivity contribution in [2.75, 3.05) is 24.8 Å². The van der Waals surface area contributed by atoms with Crippen molar-refractivity contribution in [2.24, 2.45) is 0 Å². The third-order valence-corrected chi connectivity index (χ3v) is 3.11. The molecule has 0 atom stereocenters. The Balaban J connectivity index is 2.39. The zero-order valence-electron chi connectivity index (χ0n) is 12.3. The summed E-state index contributed by atoms with van der Waals surface area (Å²) in [6, 6.07) is 8.07. The van der Waals surface area contributed by atoms with Gasteiger partial charge in [-0.05, 0) is 25.5 Å². The number of anilines is 3. The van der Waals surface area contributed by atoms with E-state index in [-0.39, 0.29) is 0 Å². The van der Waals surface area contributed by atoms with Crippen LogP contribution in [0.3, 0.4) is 0 Å². The number of hydrogen-bond donors (Lipinski definition) is 1. The van der Waals surface area contributed by atoms with Gasteiger partial charge in [0.05, 0.1) is 0 Å². The minimum atomic E-state index is 0.346. The largest absolute Gasteiger partial charge is 0.384 e. The van der Waals surface area contributed by atoms with Crippen LogP contribution in [0.15, 0.2) is 24.3 Å². The number of benzene rings is 1. The standard InChI is InChI=1S/C15H20N4O/c1-10-5-6-12(11(2)7-10)19(3)15-8-13(16)17-14(18-15)9-20-4/h5-8H,9H2,1-4H3,(H2,16,17,18). The van der Waals surface area contributed by atoms with Crippen LogP contribution in [0.25, 0.3) is 0 Å². The van der Waals surface area contributed by atoms with Crippen LogP contribution in [-0.2, 0) is 11.3 Å². The molecule has 5 heteroatoms. The Morgan fingerprint density at radius 1 is 1.20 bits per heavy atom. The summed E-state index contributed by atoms with van der Waals surface area (Å²) in [6.07, 6.45) is 0. The molecule has 0 saturated heterocycles. The van der Waals surface area contributed by atoms with Crippen LogP contribution in [0.4, 0.5) is 17.3 Å². The summed E-state index contributed by atoms with van der Waals surface area (Å²) in [6.45, 7) is 4.51. The highest BCUT2D eigenvalue weighted by Crippen LogP contribution is 2.26. The van der Waals surface area contributed by atoms with Crippen LogP contribution in [-0.4, -0.2) is 24.1 Å². The molecule has 20 heavy (non-hydrogen) atoms. The van der Waals surface area contributed by atoms with Gasteiger partial charge in [0.2, 0.25) is 0 Å². The van der Waals surface area contributed by atoms with Gasteiger partial charge in [-0.1, -0.05) is 17.7 Å². The molecule has 0 bridgehead atoms. The fraction of sp³-hybridized carbons (Fsp3) is 0.333. The molecular formula is C15H20N4O. The number of nitrogen functional groups attached to an aromatic ring is 1. The molecule has 106 valence electrons. The molecule has 5 nitrogen and oxygen atoms in total. The molecule has 0 radical (unpaired) electrons. The van der Waals surface area contributed by atoms with E-state index in [1.807, 2.05) is 11.9 Å². The first-order valence-electron chi connectivity index (χ1n) is 6.44. The number of ether oxygens (including phenoxy) is 1. The molecule has 0 saturated carbocycles. The van der Waals surface area contributed by atoms with Crippen molar-refractivity contribution in [3.05, 3.63) is 41.2 Å². The SMILES string of the molecule is COCc1nc(N)cc(N(C)c2ccc(C)cc2C)n1. The first-order chi connectivity index (χ1) is 9.51. The van der Waals surface area contributed by atoms with Crippen molar-refractivity contribution < 1.29 is 4.74 Å². The summed E-state index contributed by atoms with van der Waals surface area (Å²) in [5.41, 5.74) is 9.36. The molecule has 1 aromatic carbocycles. The summed E-state index contributed by atoms with van der Waals surface area (Å²) in [7, 11) is 3.58. The Kier molecular flexibility index (Phi) is 4.20. The molecule has 0 aliphatic rings. The van der Waals surface area contributed by atoms with E-state index in [0.717, 1.165) is 11.5 Å². The van der Waals surface area contributed by atoms with Crippen molar-refractivity contribution in [3.8, 4) is 0 Å². The van der Waals surface area contributed by atoms with Crippen molar-refractivity contribution in [1.29, 1.82) is 0 Å². The minimum Gasteiger partial charge on any atom is -0.384 e. The van der Waals surface area contributed by atoms with Crippen molar-refractivity contribution >= 4 is 17.3 Å². The van der Waals surface area contributed by atoms with Gasteiger partial charge in [-0.2, -0.15) is 0 Å². The number of aryl methyl sites for hydroxylation is 2. The maximum Gasteiger partial charge on any atom is 0.158 e. The predicted octanol–water partition coefficient (Wildman–Crippen LogP) is 2.59. The molecule has 2 N–H and O–H groups in total. The molecule has 0 fully saturated rings. The summed E-state index contributed by atoms with van der Waals surface area (Å²) in [5.74, 6) is 1.79. The van der Waals surface area contributed by atoms with E-state index in [2.05, 4.69) is 42.0 Å². The molecule has 0 aliphatic carbocycles. The fourth-order valence-electron chi connectivity index (χ4n) is 2.17. The molecule has 2 aromatic rings. The second-order valence-electron chi connectivity index (χ2n) is 4.85. The molecule has 0 aliphatic heterocycles. The number of nitrogens with two attached hydrogens (primary N) is 1. The van der Waals surface area contributed by atoms with E-state index < -0.39 is 0 Å². The van der Waals surface area contributed by atoms with Crippen LogP contribution in [0.5, 0.6) is 0 Å². The van der Waals surface area contributed by atoms with Gasteiger partial charge < -0.3 is 15.4 Å². The van der Waals surface area contributed by atoms with E-state index in [9.17, 15) is 0 Å². The average molecular weight is 272 g/mol. The lowest BCUT2D eigenvalue weighted by molar-refractivity contribution is 0.178. The van der Waals surface area contributed by atoms with E-state index in [0.29, 0.717) is 18.2 Å². The highest BCUT2D eigenvalue weighted by atomic mass is 16.5. The lowest BCUT2D eigenvalue weighted by Gasteiger charge is -2.21. The summed E-state index contributed by atoms with van der Waals surface area (Å²) in [4.78, 5) is 10.6. The van der Waals surface area contributed by atoms with Gasteiger partial charge in [-0.3, -0.25) is 0 Å². The third kappa shape index (κ3) is 3.05. The average Bonchev–Trinajstić information content (AvgIpc) is 2.37. The molecular weight excluding hydrogens is 252 g/mol. The minimum absolute atomic E-state index is 0.346. The van der Waals surface area contributed by atoms with Crippen LogP contribution in [0.1, 0.15) is 17.0 Å². The van der Waals surface area contributed by atoms with Gasteiger partial charge in [-0.15, -0.1) is 0 Å². The zero-order chi connectivity index (χ0) is 14.7. The van der Waals surface area contributed by atoms with E-state index in [4.69, 9.17) is 10.5 Å². The maximum absolute atomic E-state index is 5.83. The highest BCUT2D eigenvalue weighted by Gasteiger charge is 2.11.